The SMILES string of the molecule is COc1cc(C=C2SC(=Nc3ccc(Br)cc3)NC2=O)ccc1O. The Labute approximate surface area is 151 Å². The van der Waals surface area contributed by atoms with Crippen LogP contribution in [0.15, 0.2) is 56.8 Å². The van der Waals surface area contributed by atoms with Gasteiger partial charge in [0.2, 0.25) is 0 Å². The summed E-state index contributed by atoms with van der Waals surface area (Å²) in [7, 11) is 1.48. The number of nitrogens with zero attached hydrogens (tertiary/aromatic N) is 1. The zero-order valence-corrected chi connectivity index (χ0v) is 15.0. The number of benzene rings is 2. The maximum Gasteiger partial charge on any atom is 0.264 e. The Morgan fingerprint density at radius 1 is 1.25 bits per heavy atom. The van der Waals surface area contributed by atoms with Gasteiger partial charge >= 0.3 is 0 Å². The molecule has 0 aliphatic carbocycles. The molecule has 0 saturated carbocycles. The fourth-order valence-corrected chi connectivity index (χ4v) is 3.15. The highest BCUT2D eigenvalue weighted by Crippen LogP contribution is 2.31. The molecule has 2 aromatic rings. The number of ether oxygens (including phenoxy) is 1. The highest BCUT2D eigenvalue weighted by Gasteiger charge is 2.23. The average molecular weight is 405 g/mol. The fourth-order valence-electron chi connectivity index (χ4n) is 2.05. The summed E-state index contributed by atoms with van der Waals surface area (Å²) in [5.41, 5.74) is 1.51. The van der Waals surface area contributed by atoms with Crippen LogP contribution in [0.1, 0.15) is 5.56 Å². The molecule has 122 valence electrons. The van der Waals surface area contributed by atoms with E-state index in [1.807, 2.05) is 24.3 Å². The van der Waals surface area contributed by atoms with Crippen LogP contribution in [-0.4, -0.2) is 23.3 Å². The number of thioether (sulfide) groups is 1. The molecule has 0 atom stereocenters. The number of carbonyl (C=O) groups is 1. The van der Waals surface area contributed by atoms with E-state index in [1.165, 1.54) is 24.9 Å². The van der Waals surface area contributed by atoms with E-state index in [0.29, 0.717) is 15.8 Å². The van der Waals surface area contributed by atoms with Crippen LogP contribution in [0.2, 0.25) is 0 Å². The van der Waals surface area contributed by atoms with Crippen molar-refractivity contribution >= 4 is 50.5 Å². The molecule has 0 aromatic heterocycles. The summed E-state index contributed by atoms with van der Waals surface area (Å²) in [4.78, 5) is 17.0. The second-order valence-corrected chi connectivity index (χ2v) is 6.84. The Morgan fingerprint density at radius 3 is 2.71 bits per heavy atom. The van der Waals surface area contributed by atoms with E-state index < -0.39 is 0 Å². The lowest BCUT2D eigenvalue weighted by Crippen LogP contribution is -2.19. The monoisotopic (exact) mass is 404 g/mol. The molecule has 1 saturated heterocycles. The molecule has 7 heteroatoms. The van der Waals surface area contributed by atoms with Crippen LogP contribution in [0.4, 0.5) is 5.69 Å². The van der Waals surface area contributed by atoms with Gasteiger partial charge in [0.05, 0.1) is 17.7 Å². The molecule has 1 aliphatic rings. The predicted octanol–water partition coefficient (Wildman–Crippen LogP) is 4.05. The van der Waals surface area contributed by atoms with Gasteiger partial charge in [0.15, 0.2) is 16.7 Å². The second kappa shape index (κ2) is 7.11. The quantitative estimate of drug-likeness (QED) is 0.756. The van der Waals surface area contributed by atoms with E-state index in [9.17, 15) is 9.90 Å². The lowest BCUT2D eigenvalue weighted by atomic mass is 10.2. The number of aliphatic imine (C=N–C) groups is 1. The summed E-state index contributed by atoms with van der Waals surface area (Å²) in [6.45, 7) is 0. The van der Waals surface area contributed by atoms with Crippen LogP contribution in [0, 0.1) is 0 Å². The lowest BCUT2D eigenvalue weighted by molar-refractivity contribution is -0.115. The molecule has 1 fully saturated rings. The molecular formula is C17H13BrN2O3S. The van der Waals surface area contributed by atoms with Gasteiger partial charge in [-0.25, -0.2) is 4.99 Å². The first-order valence-corrected chi connectivity index (χ1v) is 8.58. The van der Waals surface area contributed by atoms with Gasteiger partial charge in [-0.05, 0) is 59.8 Å². The van der Waals surface area contributed by atoms with Gasteiger partial charge in [-0.15, -0.1) is 0 Å². The van der Waals surface area contributed by atoms with Crippen LogP contribution in [0.25, 0.3) is 6.08 Å². The standard InChI is InChI=1S/C17H13BrN2O3S/c1-23-14-8-10(2-7-13(14)21)9-15-16(22)20-17(24-15)19-12-5-3-11(18)4-6-12/h2-9,21H,1H3,(H,19,20,22). The minimum absolute atomic E-state index is 0.0562. The third-order valence-electron chi connectivity index (χ3n) is 3.21. The third kappa shape index (κ3) is 3.80. The van der Waals surface area contributed by atoms with Crippen LogP contribution >= 0.6 is 27.7 Å². The summed E-state index contributed by atoms with van der Waals surface area (Å²) in [5.74, 6) is 0.208. The Hall–Kier alpha value is -2.25. The topological polar surface area (TPSA) is 70.9 Å². The van der Waals surface area contributed by atoms with Gasteiger partial charge in [-0.1, -0.05) is 22.0 Å². The van der Waals surface area contributed by atoms with Gasteiger partial charge in [0, 0.05) is 4.47 Å². The third-order valence-corrected chi connectivity index (χ3v) is 4.65. The molecule has 24 heavy (non-hydrogen) atoms. The highest BCUT2D eigenvalue weighted by atomic mass is 79.9. The minimum atomic E-state index is -0.206. The minimum Gasteiger partial charge on any atom is -0.504 e. The van der Waals surface area contributed by atoms with Gasteiger partial charge in [-0.3, -0.25) is 4.79 Å². The summed E-state index contributed by atoms with van der Waals surface area (Å²) in [5, 5.41) is 12.9. The maximum atomic E-state index is 12.1. The molecule has 0 unspecified atom stereocenters. The van der Waals surface area contributed by atoms with Crippen molar-refractivity contribution in [3.8, 4) is 11.5 Å². The van der Waals surface area contributed by atoms with Crippen molar-refractivity contribution in [2.75, 3.05) is 7.11 Å². The van der Waals surface area contributed by atoms with Crippen molar-refractivity contribution in [1.82, 2.24) is 5.32 Å². The van der Waals surface area contributed by atoms with Crippen LogP contribution < -0.4 is 10.1 Å². The van der Waals surface area contributed by atoms with Crippen molar-refractivity contribution in [2.45, 2.75) is 0 Å². The largest absolute Gasteiger partial charge is 0.504 e. The molecule has 0 bridgehead atoms. The summed E-state index contributed by atoms with van der Waals surface area (Å²) >= 11 is 4.64. The molecule has 2 aromatic carbocycles. The Morgan fingerprint density at radius 2 is 2.00 bits per heavy atom. The zero-order chi connectivity index (χ0) is 17.1. The van der Waals surface area contributed by atoms with Gasteiger partial charge in [0.25, 0.3) is 5.91 Å². The number of aromatic hydroxyl groups is 1. The number of phenolic OH excluding ortho intramolecular Hbond substituents is 1. The number of rotatable bonds is 3. The van der Waals surface area contributed by atoms with Crippen molar-refractivity contribution in [1.29, 1.82) is 0 Å². The molecule has 0 radical (unpaired) electrons. The van der Waals surface area contributed by atoms with E-state index in [2.05, 4.69) is 26.2 Å². The van der Waals surface area contributed by atoms with Crippen LogP contribution in [-0.2, 0) is 4.79 Å². The Balaban J connectivity index is 1.83. The molecule has 3 rings (SSSR count). The molecular weight excluding hydrogens is 392 g/mol. The maximum absolute atomic E-state index is 12.1. The van der Waals surface area contributed by atoms with Crippen molar-refractivity contribution in [3.63, 3.8) is 0 Å². The van der Waals surface area contributed by atoms with Crippen molar-refractivity contribution < 1.29 is 14.6 Å². The zero-order valence-electron chi connectivity index (χ0n) is 12.6. The Kier molecular flexibility index (Phi) is 4.92. The summed E-state index contributed by atoms with van der Waals surface area (Å²) in [6, 6.07) is 12.4. The Bertz CT molecular complexity index is 847. The van der Waals surface area contributed by atoms with Gasteiger partial charge < -0.3 is 15.2 Å². The lowest BCUT2D eigenvalue weighted by Gasteiger charge is -2.03. The van der Waals surface area contributed by atoms with Crippen LogP contribution in [0.3, 0.4) is 0 Å². The number of phenols is 1. The van der Waals surface area contributed by atoms with Gasteiger partial charge in [0.1, 0.15) is 0 Å². The van der Waals surface area contributed by atoms with Crippen molar-refractivity contribution in [2.24, 2.45) is 4.99 Å². The number of methoxy groups -OCH3 is 1. The number of nitrogens with one attached hydrogen (secondary N) is 1. The highest BCUT2D eigenvalue weighted by molar-refractivity contribution is 9.10. The molecule has 2 N–H and O–H groups in total. The first-order valence-electron chi connectivity index (χ1n) is 6.97. The van der Waals surface area contributed by atoms with E-state index in [1.54, 1.807) is 18.2 Å². The molecule has 1 heterocycles. The smallest absolute Gasteiger partial charge is 0.264 e. The fraction of sp³-hybridized carbons (Fsp3) is 0.0588. The van der Waals surface area contributed by atoms with E-state index in [-0.39, 0.29) is 11.7 Å². The average Bonchev–Trinajstić information content (AvgIpc) is 2.91. The number of amidine groups is 1. The molecule has 1 amide bonds. The number of carbonyl (C=O) groups excluding carboxylic acids is 1. The summed E-state index contributed by atoms with van der Waals surface area (Å²) in [6.07, 6.45) is 1.73. The summed E-state index contributed by atoms with van der Waals surface area (Å²) < 4.78 is 6.04. The second-order valence-electron chi connectivity index (χ2n) is 4.89. The van der Waals surface area contributed by atoms with Crippen molar-refractivity contribution in [3.05, 3.63) is 57.4 Å². The van der Waals surface area contributed by atoms with E-state index in [0.717, 1.165) is 15.7 Å². The first-order chi connectivity index (χ1) is 11.5. The molecule has 5 nitrogen and oxygen atoms in total. The van der Waals surface area contributed by atoms with E-state index >= 15 is 0 Å². The first kappa shape index (κ1) is 16.6. The predicted molar refractivity (Wildman–Crippen MR) is 99.6 cm³/mol. The number of halogens is 1. The van der Waals surface area contributed by atoms with Crippen LogP contribution in [0.5, 0.6) is 11.5 Å². The number of hydrogen-bond acceptors (Lipinski definition) is 5. The molecule has 0 spiro atoms. The number of amides is 1. The van der Waals surface area contributed by atoms with Gasteiger partial charge in [-0.2, -0.15) is 0 Å². The number of hydrogen-bond donors (Lipinski definition) is 2. The normalized spacial score (nSPS) is 17.3. The van der Waals surface area contributed by atoms with E-state index in [4.69, 9.17) is 4.74 Å². The molecule has 1 aliphatic heterocycles.